The minimum Gasteiger partial charge on any atom is -0.496 e. The van der Waals surface area contributed by atoms with Crippen molar-refractivity contribution in [3.63, 3.8) is 0 Å². The van der Waals surface area contributed by atoms with E-state index in [0.29, 0.717) is 6.61 Å². The summed E-state index contributed by atoms with van der Waals surface area (Å²) in [5.74, 6) is 1.08. The smallest absolute Gasteiger partial charge is 0.124 e. The molecule has 0 spiro atoms. The van der Waals surface area contributed by atoms with Crippen LogP contribution < -0.4 is 4.74 Å². The van der Waals surface area contributed by atoms with Gasteiger partial charge in [0.25, 0.3) is 0 Å². The standard InChI is InChI=1S/C18H26O4/c1-12(2)18-10-9-17(3,22-18)16(15(18)19)21-11-13-7-5-6-8-14(13)20-4/h5-8,12,15-16,19H,9-11H2,1-4H3/t15-,16-,17+,18+/m1/s1. The molecule has 0 radical (unpaired) electrons. The van der Waals surface area contributed by atoms with Gasteiger partial charge in [0.1, 0.15) is 18.0 Å². The van der Waals surface area contributed by atoms with Gasteiger partial charge in [-0.25, -0.2) is 0 Å². The number of benzene rings is 1. The summed E-state index contributed by atoms with van der Waals surface area (Å²) in [6, 6.07) is 7.81. The zero-order valence-electron chi connectivity index (χ0n) is 13.8. The van der Waals surface area contributed by atoms with Gasteiger partial charge in [-0.05, 0) is 31.7 Å². The second-order valence-electron chi connectivity index (χ2n) is 7.01. The topological polar surface area (TPSA) is 47.9 Å². The third-order valence-electron chi connectivity index (χ3n) is 5.41. The Morgan fingerprint density at radius 2 is 2.05 bits per heavy atom. The van der Waals surface area contributed by atoms with Crippen LogP contribution in [0.4, 0.5) is 0 Å². The van der Waals surface area contributed by atoms with Gasteiger partial charge in [-0.3, -0.25) is 0 Å². The predicted octanol–water partition coefficient (Wildman–Crippen LogP) is 2.92. The van der Waals surface area contributed by atoms with Crippen LogP contribution in [0.25, 0.3) is 0 Å². The first-order valence-electron chi connectivity index (χ1n) is 8.05. The van der Waals surface area contributed by atoms with E-state index in [0.717, 1.165) is 24.2 Å². The van der Waals surface area contributed by atoms with E-state index in [4.69, 9.17) is 14.2 Å². The summed E-state index contributed by atoms with van der Waals surface area (Å²) in [6.45, 7) is 6.69. The number of fused-ring (bicyclic) bond motifs is 2. The molecule has 2 saturated heterocycles. The largest absolute Gasteiger partial charge is 0.496 e. The lowest BCUT2D eigenvalue weighted by molar-refractivity contribution is -0.0979. The summed E-state index contributed by atoms with van der Waals surface area (Å²) in [7, 11) is 1.66. The molecule has 2 fully saturated rings. The van der Waals surface area contributed by atoms with E-state index in [1.807, 2.05) is 24.3 Å². The van der Waals surface area contributed by atoms with Gasteiger partial charge in [0.2, 0.25) is 0 Å². The molecular formula is C18H26O4. The molecule has 0 unspecified atom stereocenters. The van der Waals surface area contributed by atoms with Gasteiger partial charge in [0.15, 0.2) is 0 Å². The fourth-order valence-corrected chi connectivity index (χ4v) is 4.00. The average molecular weight is 306 g/mol. The van der Waals surface area contributed by atoms with Crippen molar-refractivity contribution in [3.05, 3.63) is 29.8 Å². The Kier molecular flexibility index (Phi) is 3.96. The van der Waals surface area contributed by atoms with Gasteiger partial charge < -0.3 is 19.3 Å². The zero-order chi connectivity index (χ0) is 16.0. The number of aliphatic hydroxyl groups is 1. The number of para-hydroxylation sites is 1. The Bertz CT molecular complexity index is 544. The van der Waals surface area contributed by atoms with Crippen LogP contribution in [0.5, 0.6) is 5.75 Å². The molecule has 1 aromatic carbocycles. The van der Waals surface area contributed by atoms with Crippen molar-refractivity contribution >= 4 is 0 Å². The fraction of sp³-hybridized carbons (Fsp3) is 0.667. The van der Waals surface area contributed by atoms with Crippen molar-refractivity contribution in [2.75, 3.05) is 7.11 Å². The molecule has 1 aromatic rings. The van der Waals surface area contributed by atoms with E-state index in [1.165, 1.54) is 0 Å². The highest BCUT2D eigenvalue weighted by atomic mass is 16.6. The Morgan fingerprint density at radius 1 is 1.32 bits per heavy atom. The van der Waals surface area contributed by atoms with Crippen molar-refractivity contribution in [3.8, 4) is 5.75 Å². The van der Waals surface area contributed by atoms with Gasteiger partial charge in [-0.1, -0.05) is 32.0 Å². The Balaban J connectivity index is 1.76. The monoisotopic (exact) mass is 306 g/mol. The first-order valence-corrected chi connectivity index (χ1v) is 8.05. The maximum atomic E-state index is 10.8. The van der Waals surface area contributed by atoms with E-state index in [1.54, 1.807) is 7.11 Å². The van der Waals surface area contributed by atoms with Crippen LogP contribution in [0.3, 0.4) is 0 Å². The first-order chi connectivity index (χ1) is 10.4. The second-order valence-corrected chi connectivity index (χ2v) is 7.01. The second kappa shape index (κ2) is 5.52. The zero-order valence-corrected chi connectivity index (χ0v) is 13.8. The van der Waals surface area contributed by atoms with E-state index in [9.17, 15) is 5.11 Å². The fourth-order valence-electron chi connectivity index (χ4n) is 4.00. The molecule has 1 N–H and O–H groups in total. The van der Waals surface area contributed by atoms with Crippen molar-refractivity contribution in [2.24, 2.45) is 5.92 Å². The molecule has 0 aliphatic carbocycles. The van der Waals surface area contributed by atoms with E-state index in [-0.39, 0.29) is 12.0 Å². The van der Waals surface area contributed by atoms with Gasteiger partial charge in [0.05, 0.1) is 24.9 Å². The number of hydrogen-bond acceptors (Lipinski definition) is 4. The SMILES string of the molecule is COc1ccccc1CO[C@@H]1[C@@H](O)[C@@]2(C(C)C)CC[C@]1(C)O2. The lowest BCUT2D eigenvalue weighted by Crippen LogP contribution is -2.51. The highest BCUT2D eigenvalue weighted by Gasteiger charge is 2.66. The summed E-state index contributed by atoms with van der Waals surface area (Å²) in [5.41, 5.74) is 0.133. The van der Waals surface area contributed by atoms with Crippen LogP contribution in [0, 0.1) is 5.92 Å². The van der Waals surface area contributed by atoms with Gasteiger partial charge in [-0.15, -0.1) is 0 Å². The van der Waals surface area contributed by atoms with Crippen molar-refractivity contribution in [1.29, 1.82) is 0 Å². The third-order valence-corrected chi connectivity index (χ3v) is 5.41. The van der Waals surface area contributed by atoms with Gasteiger partial charge in [0, 0.05) is 5.56 Å². The molecular weight excluding hydrogens is 280 g/mol. The van der Waals surface area contributed by atoms with E-state index < -0.39 is 17.3 Å². The minimum absolute atomic E-state index is 0.268. The maximum Gasteiger partial charge on any atom is 0.124 e. The minimum atomic E-state index is -0.582. The lowest BCUT2D eigenvalue weighted by Gasteiger charge is -2.36. The molecule has 22 heavy (non-hydrogen) atoms. The molecule has 4 atom stereocenters. The molecule has 122 valence electrons. The van der Waals surface area contributed by atoms with Gasteiger partial charge in [-0.2, -0.15) is 0 Å². The molecule has 0 amide bonds. The summed E-state index contributed by atoms with van der Waals surface area (Å²) in [6.07, 6.45) is 0.949. The number of hydrogen-bond donors (Lipinski definition) is 1. The van der Waals surface area contributed by atoms with Crippen LogP contribution in [0.15, 0.2) is 24.3 Å². The summed E-state index contributed by atoms with van der Waals surface area (Å²) >= 11 is 0. The Morgan fingerprint density at radius 3 is 2.68 bits per heavy atom. The van der Waals surface area contributed by atoms with Crippen molar-refractivity contribution < 1.29 is 19.3 Å². The average Bonchev–Trinajstić information content (AvgIpc) is 2.97. The molecule has 0 aromatic heterocycles. The van der Waals surface area contributed by atoms with Crippen molar-refractivity contribution in [2.45, 2.75) is 63.6 Å². The number of rotatable bonds is 5. The number of aliphatic hydroxyl groups excluding tert-OH is 1. The van der Waals surface area contributed by atoms with E-state index >= 15 is 0 Å². The summed E-state index contributed by atoms with van der Waals surface area (Å²) in [5, 5.41) is 10.8. The summed E-state index contributed by atoms with van der Waals surface area (Å²) in [4.78, 5) is 0. The number of ether oxygens (including phenoxy) is 3. The van der Waals surface area contributed by atoms with Crippen LogP contribution in [-0.4, -0.2) is 35.6 Å². The number of methoxy groups -OCH3 is 1. The van der Waals surface area contributed by atoms with Crippen LogP contribution >= 0.6 is 0 Å². The highest BCUT2D eigenvalue weighted by molar-refractivity contribution is 5.32. The summed E-state index contributed by atoms with van der Waals surface area (Å²) < 4.78 is 17.7. The van der Waals surface area contributed by atoms with Crippen LogP contribution in [0.2, 0.25) is 0 Å². The molecule has 3 rings (SSSR count). The normalized spacial score (nSPS) is 37.0. The van der Waals surface area contributed by atoms with Crippen molar-refractivity contribution in [1.82, 2.24) is 0 Å². The van der Waals surface area contributed by atoms with E-state index in [2.05, 4.69) is 20.8 Å². The lowest BCUT2D eigenvalue weighted by atomic mass is 9.73. The quantitative estimate of drug-likeness (QED) is 0.908. The Labute approximate surface area is 132 Å². The van der Waals surface area contributed by atoms with Crippen LogP contribution in [-0.2, 0) is 16.1 Å². The molecule has 2 bridgehead atoms. The predicted molar refractivity (Wildman–Crippen MR) is 83.9 cm³/mol. The molecule has 2 aliphatic heterocycles. The Hall–Kier alpha value is -1.10. The highest BCUT2D eigenvalue weighted by Crippen LogP contribution is 2.55. The van der Waals surface area contributed by atoms with Gasteiger partial charge >= 0.3 is 0 Å². The molecule has 0 saturated carbocycles. The first kappa shape index (κ1) is 15.8. The molecule has 4 heteroatoms. The van der Waals surface area contributed by atoms with Crippen LogP contribution in [0.1, 0.15) is 39.2 Å². The third kappa shape index (κ3) is 2.25. The molecule has 2 heterocycles. The molecule has 2 aliphatic rings. The molecule has 4 nitrogen and oxygen atoms in total. The maximum absolute atomic E-state index is 10.8.